The fourth-order valence-electron chi connectivity index (χ4n) is 2.79. The van der Waals surface area contributed by atoms with Crippen molar-refractivity contribution in [3.05, 3.63) is 16.9 Å². The number of hydrogen-bond donors (Lipinski definition) is 1. The van der Waals surface area contributed by atoms with Gasteiger partial charge in [0.1, 0.15) is 5.01 Å². The highest BCUT2D eigenvalue weighted by molar-refractivity contribution is 7.16. The smallest absolute Gasteiger partial charge is 0.223 e. The summed E-state index contributed by atoms with van der Waals surface area (Å²) in [7, 11) is 0. The maximum absolute atomic E-state index is 12.0. The fraction of sp³-hybridized carbons (Fsp3) is 0.643. The summed E-state index contributed by atoms with van der Waals surface area (Å²) in [6.45, 7) is 2.64. The van der Waals surface area contributed by atoms with E-state index >= 15 is 0 Å². The summed E-state index contributed by atoms with van der Waals surface area (Å²) in [6, 6.07) is 0. The zero-order chi connectivity index (χ0) is 13.9. The Morgan fingerprint density at radius 2 is 2.25 bits per heavy atom. The Balaban J connectivity index is 1.49. The van der Waals surface area contributed by atoms with Crippen LogP contribution in [-0.4, -0.2) is 27.0 Å². The molecular weight excluding hydrogens is 272 g/mol. The lowest BCUT2D eigenvalue weighted by atomic mass is 9.89. The van der Waals surface area contributed by atoms with Gasteiger partial charge in [-0.1, -0.05) is 30.6 Å². The van der Waals surface area contributed by atoms with E-state index in [-0.39, 0.29) is 11.8 Å². The van der Waals surface area contributed by atoms with E-state index in [1.807, 2.05) is 17.6 Å². The molecule has 1 N–H and O–H groups in total. The molecule has 0 saturated heterocycles. The maximum atomic E-state index is 12.0. The molecule has 0 aliphatic heterocycles. The van der Waals surface area contributed by atoms with Crippen LogP contribution in [0.3, 0.4) is 0 Å². The molecule has 1 aliphatic rings. The Labute approximate surface area is 122 Å². The van der Waals surface area contributed by atoms with Gasteiger partial charge < -0.3 is 5.32 Å². The Kier molecular flexibility index (Phi) is 4.00. The lowest BCUT2D eigenvalue weighted by Gasteiger charge is -2.20. The first-order valence-electron chi connectivity index (χ1n) is 7.32. The van der Waals surface area contributed by atoms with Gasteiger partial charge in [0.15, 0.2) is 0 Å². The predicted octanol–water partition coefficient (Wildman–Crippen LogP) is 2.34. The highest BCUT2D eigenvalue weighted by Gasteiger charge is 2.20. The molecule has 2 aromatic rings. The van der Waals surface area contributed by atoms with Crippen molar-refractivity contribution < 1.29 is 4.79 Å². The first-order chi connectivity index (χ1) is 9.72. The number of aromatic nitrogens is 3. The molecule has 0 unspecified atom stereocenters. The predicted molar refractivity (Wildman–Crippen MR) is 78.9 cm³/mol. The van der Waals surface area contributed by atoms with Crippen molar-refractivity contribution in [1.29, 1.82) is 0 Å². The Hall–Kier alpha value is -1.43. The molecule has 3 rings (SSSR count). The van der Waals surface area contributed by atoms with E-state index in [2.05, 4.69) is 15.4 Å². The molecule has 1 amide bonds. The standard InChI is InChI=1S/C14H20N4OS/c1-10-17-18-9-12(16-14(18)20-10)7-8-15-13(19)11-5-3-2-4-6-11/h9,11H,2-8H2,1H3,(H,15,19). The normalized spacial score (nSPS) is 16.6. The number of amides is 1. The second-order valence-electron chi connectivity index (χ2n) is 5.46. The number of nitrogens with zero attached hydrogens (tertiary/aromatic N) is 3. The monoisotopic (exact) mass is 292 g/mol. The van der Waals surface area contributed by atoms with Crippen LogP contribution in [0.25, 0.3) is 4.96 Å². The molecule has 5 nitrogen and oxygen atoms in total. The number of imidazole rings is 1. The van der Waals surface area contributed by atoms with Gasteiger partial charge >= 0.3 is 0 Å². The van der Waals surface area contributed by atoms with Crippen LogP contribution in [0.5, 0.6) is 0 Å². The van der Waals surface area contributed by atoms with Crippen molar-refractivity contribution in [3.8, 4) is 0 Å². The zero-order valence-corrected chi connectivity index (χ0v) is 12.6. The van der Waals surface area contributed by atoms with Gasteiger partial charge in [-0.05, 0) is 19.8 Å². The minimum Gasteiger partial charge on any atom is -0.355 e. The molecule has 2 heterocycles. The molecule has 0 bridgehead atoms. The third kappa shape index (κ3) is 3.00. The van der Waals surface area contributed by atoms with Crippen molar-refractivity contribution >= 4 is 22.2 Å². The average molecular weight is 292 g/mol. The van der Waals surface area contributed by atoms with Gasteiger partial charge in [-0.25, -0.2) is 9.50 Å². The number of aryl methyl sites for hydroxylation is 1. The maximum Gasteiger partial charge on any atom is 0.223 e. The van der Waals surface area contributed by atoms with E-state index in [1.165, 1.54) is 19.3 Å². The summed E-state index contributed by atoms with van der Waals surface area (Å²) in [6.07, 6.45) is 8.49. The van der Waals surface area contributed by atoms with E-state index in [0.29, 0.717) is 6.54 Å². The quantitative estimate of drug-likeness (QED) is 0.941. The van der Waals surface area contributed by atoms with Crippen LogP contribution in [0.15, 0.2) is 6.20 Å². The summed E-state index contributed by atoms with van der Waals surface area (Å²) in [5, 5.41) is 8.40. The second kappa shape index (κ2) is 5.91. The van der Waals surface area contributed by atoms with Gasteiger partial charge in [0.2, 0.25) is 10.9 Å². The van der Waals surface area contributed by atoms with Crippen molar-refractivity contribution in [1.82, 2.24) is 19.9 Å². The second-order valence-corrected chi connectivity index (χ2v) is 6.62. The zero-order valence-electron chi connectivity index (χ0n) is 11.8. The van der Waals surface area contributed by atoms with Crippen LogP contribution < -0.4 is 5.32 Å². The van der Waals surface area contributed by atoms with Crippen LogP contribution in [0.4, 0.5) is 0 Å². The summed E-state index contributed by atoms with van der Waals surface area (Å²) < 4.78 is 1.82. The number of carbonyl (C=O) groups excluding carboxylic acids is 1. The van der Waals surface area contributed by atoms with E-state index < -0.39 is 0 Å². The van der Waals surface area contributed by atoms with Gasteiger partial charge in [-0.3, -0.25) is 4.79 Å². The van der Waals surface area contributed by atoms with Crippen LogP contribution in [0.1, 0.15) is 42.8 Å². The van der Waals surface area contributed by atoms with Crippen LogP contribution in [0, 0.1) is 12.8 Å². The van der Waals surface area contributed by atoms with Crippen molar-refractivity contribution in [2.45, 2.75) is 45.4 Å². The topological polar surface area (TPSA) is 59.3 Å². The summed E-state index contributed by atoms with van der Waals surface area (Å²) in [5.41, 5.74) is 0.993. The molecule has 2 aromatic heterocycles. The molecule has 6 heteroatoms. The highest BCUT2D eigenvalue weighted by atomic mass is 32.1. The van der Waals surface area contributed by atoms with Gasteiger partial charge in [-0.15, -0.1) is 0 Å². The van der Waals surface area contributed by atoms with Crippen LogP contribution in [-0.2, 0) is 11.2 Å². The van der Waals surface area contributed by atoms with Crippen LogP contribution in [0.2, 0.25) is 0 Å². The lowest BCUT2D eigenvalue weighted by molar-refractivity contribution is -0.125. The van der Waals surface area contributed by atoms with Gasteiger partial charge in [0, 0.05) is 18.9 Å². The SMILES string of the molecule is Cc1nn2cc(CCNC(=O)C3CCCCC3)nc2s1. The number of fused-ring (bicyclic) bond motifs is 1. The average Bonchev–Trinajstić information content (AvgIpc) is 2.96. The first kappa shape index (κ1) is 13.5. The molecule has 0 spiro atoms. The Morgan fingerprint density at radius 3 is 3.00 bits per heavy atom. The molecule has 0 radical (unpaired) electrons. The molecule has 1 saturated carbocycles. The van der Waals surface area contributed by atoms with E-state index in [9.17, 15) is 4.79 Å². The Morgan fingerprint density at radius 1 is 1.45 bits per heavy atom. The van der Waals surface area contributed by atoms with Crippen molar-refractivity contribution in [2.24, 2.45) is 5.92 Å². The number of carbonyl (C=O) groups is 1. The van der Waals surface area contributed by atoms with Crippen molar-refractivity contribution in [3.63, 3.8) is 0 Å². The minimum atomic E-state index is 0.222. The molecular formula is C14H20N4OS. The van der Waals surface area contributed by atoms with E-state index in [1.54, 1.807) is 11.3 Å². The first-order valence-corrected chi connectivity index (χ1v) is 8.13. The van der Waals surface area contributed by atoms with Gasteiger partial charge in [0.05, 0.1) is 11.9 Å². The third-order valence-electron chi connectivity index (χ3n) is 3.85. The Bertz CT molecular complexity index is 566. The summed E-state index contributed by atoms with van der Waals surface area (Å²) >= 11 is 1.59. The largest absolute Gasteiger partial charge is 0.355 e. The summed E-state index contributed by atoms with van der Waals surface area (Å²) in [5.74, 6) is 0.457. The van der Waals surface area contributed by atoms with Crippen LogP contribution >= 0.6 is 11.3 Å². The molecule has 20 heavy (non-hydrogen) atoms. The molecule has 0 atom stereocenters. The molecule has 108 valence electrons. The fourth-order valence-corrected chi connectivity index (χ4v) is 3.53. The molecule has 1 aliphatic carbocycles. The third-order valence-corrected chi connectivity index (χ3v) is 4.69. The number of rotatable bonds is 4. The molecule has 0 aromatic carbocycles. The highest BCUT2D eigenvalue weighted by Crippen LogP contribution is 2.23. The minimum absolute atomic E-state index is 0.222. The van der Waals surface area contributed by atoms with Crippen molar-refractivity contribution in [2.75, 3.05) is 6.54 Å². The van der Waals surface area contributed by atoms with Gasteiger partial charge in [0.25, 0.3) is 0 Å². The number of nitrogens with one attached hydrogen (secondary N) is 1. The van der Waals surface area contributed by atoms with E-state index in [4.69, 9.17) is 0 Å². The number of hydrogen-bond acceptors (Lipinski definition) is 4. The molecule has 1 fully saturated rings. The van der Waals surface area contributed by atoms with Gasteiger partial charge in [-0.2, -0.15) is 5.10 Å². The summed E-state index contributed by atoms with van der Waals surface area (Å²) in [4.78, 5) is 17.4. The lowest BCUT2D eigenvalue weighted by Crippen LogP contribution is -2.33. The van der Waals surface area contributed by atoms with E-state index in [0.717, 1.165) is 34.9 Å².